The zero-order valence-corrected chi connectivity index (χ0v) is 32.2. The van der Waals surface area contributed by atoms with E-state index >= 15 is 0 Å². The van der Waals surface area contributed by atoms with E-state index in [0.29, 0.717) is 24.2 Å². The third kappa shape index (κ3) is 8.53. The number of ether oxygens (including phenoxy) is 1. The number of nitriles is 1. The van der Waals surface area contributed by atoms with E-state index in [1.807, 2.05) is 49.9 Å². The molecule has 11 nitrogen and oxygen atoms in total. The number of aromatic nitrogens is 3. The maximum atomic E-state index is 13.4. The lowest BCUT2D eigenvalue weighted by atomic mass is 9.85. The third-order valence-corrected chi connectivity index (χ3v) is 11.2. The van der Waals surface area contributed by atoms with Crippen LogP contribution in [0.4, 0.5) is 18.0 Å². The Morgan fingerprint density at radius 1 is 1.00 bits per heavy atom. The molecule has 6 rings (SSSR count). The number of H-pyrrole nitrogens is 1. The zero-order valence-electron chi connectivity index (χ0n) is 31.4. The lowest BCUT2D eigenvalue weighted by Crippen LogP contribution is -2.54. The van der Waals surface area contributed by atoms with Gasteiger partial charge in [-0.1, -0.05) is 35.9 Å². The fourth-order valence-electron chi connectivity index (χ4n) is 7.41. The van der Waals surface area contributed by atoms with E-state index in [-0.39, 0.29) is 31.3 Å². The van der Waals surface area contributed by atoms with Crippen LogP contribution in [0.5, 0.6) is 0 Å². The number of nitrogens with zero attached hydrogens (tertiary/aromatic N) is 6. The van der Waals surface area contributed by atoms with Gasteiger partial charge >= 0.3 is 12.3 Å². The number of likely N-dealkylation sites (tertiary alicyclic amines) is 1. The van der Waals surface area contributed by atoms with Crippen molar-refractivity contribution in [1.82, 2.24) is 35.2 Å². The van der Waals surface area contributed by atoms with Crippen molar-refractivity contribution in [2.45, 2.75) is 96.6 Å². The van der Waals surface area contributed by atoms with Crippen LogP contribution >= 0.6 is 11.6 Å². The highest BCUT2D eigenvalue weighted by molar-refractivity contribution is 6.33. The molecule has 1 aliphatic carbocycles. The Balaban J connectivity index is 1.01. The number of benzene rings is 2. The molecule has 3 heterocycles. The van der Waals surface area contributed by atoms with Gasteiger partial charge in [0.15, 0.2) is 5.82 Å². The summed E-state index contributed by atoms with van der Waals surface area (Å²) in [7, 11) is 0. The minimum Gasteiger partial charge on any atom is -0.444 e. The summed E-state index contributed by atoms with van der Waals surface area (Å²) < 4.78 is 45.8. The van der Waals surface area contributed by atoms with Crippen molar-refractivity contribution in [1.29, 1.82) is 5.26 Å². The largest absolute Gasteiger partial charge is 0.444 e. The lowest BCUT2D eigenvalue weighted by molar-refractivity contribution is -0.182. The van der Waals surface area contributed by atoms with Crippen LogP contribution in [0.3, 0.4) is 0 Å². The van der Waals surface area contributed by atoms with E-state index in [1.165, 1.54) is 5.56 Å². The van der Waals surface area contributed by atoms with E-state index in [0.717, 1.165) is 81.7 Å². The number of piperidine rings is 1. The number of rotatable bonds is 8. The summed E-state index contributed by atoms with van der Waals surface area (Å²) in [6, 6.07) is 14.8. The second-order valence-electron chi connectivity index (χ2n) is 16.3. The molecule has 0 bridgehead atoms. The molecule has 2 aromatic carbocycles. The molecule has 2 saturated heterocycles. The summed E-state index contributed by atoms with van der Waals surface area (Å²) in [5, 5.41) is 19.6. The Bertz CT molecular complexity index is 1890. The Hall–Kier alpha value is -4.19. The van der Waals surface area contributed by atoms with Gasteiger partial charge in [0, 0.05) is 62.2 Å². The van der Waals surface area contributed by atoms with Crippen molar-refractivity contribution in [2.75, 3.05) is 39.3 Å². The number of carbonyl (C=O) groups is 2. The van der Waals surface area contributed by atoms with Gasteiger partial charge in [0.25, 0.3) is 0 Å². The second kappa shape index (κ2) is 15.2. The third-order valence-electron chi connectivity index (χ3n) is 10.8. The molecule has 2 fully saturated rings. The molecule has 15 heteroatoms. The van der Waals surface area contributed by atoms with Gasteiger partial charge in [0.1, 0.15) is 22.3 Å². The number of hydrogen-bond acceptors (Lipinski definition) is 8. The average Bonchev–Trinajstić information content (AvgIpc) is 3.76. The molecule has 3 aliphatic rings. The smallest absolute Gasteiger partial charge is 0.410 e. The van der Waals surface area contributed by atoms with Crippen molar-refractivity contribution in [3.05, 3.63) is 69.8 Å². The van der Waals surface area contributed by atoms with Crippen molar-refractivity contribution in [3.8, 4) is 17.2 Å². The standard InChI is InChI=1S/C39H48ClF3N8O3/c1-36(2,3)54-35(53)51-16-14-50(15-17-51)29-10-12-49(13-11-29)23-25-6-8-26(9-7-25)30-18-27-20-38(24-44,21-28(27)19-31(30)40)34(52)45-22-32-46-33(48-47-32)37(4,5)39(41,42)43/h6-9,18-19,29H,10-17,20-23H2,1-5H3,(H,45,52)(H,46,47,48). The van der Waals surface area contributed by atoms with Crippen LogP contribution in [0.25, 0.3) is 11.1 Å². The molecular formula is C39H48ClF3N8O3. The van der Waals surface area contributed by atoms with Gasteiger partial charge in [-0.05, 0) is 94.9 Å². The SMILES string of the molecule is CC(C)(C)OC(=O)N1CCN(C2CCN(Cc3ccc(-c4cc5c(cc4Cl)CC(C#N)(C(=O)NCc4nc(C(C)(C)C(F)(F)F)n[nH]4)C5)cc3)CC2)CC1. The summed E-state index contributed by atoms with van der Waals surface area (Å²) in [6.45, 7) is 13.4. The van der Waals surface area contributed by atoms with Gasteiger partial charge in [0.05, 0.1) is 12.6 Å². The van der Waals surface area contributed by atoms with Crippen LogP contribution in [0, 0.1) is 16.7 Å². The zero-order chi connectivity index (χ0) is 39.1. The molecule has 2 N–H and O–H groups in total. The van der Waals surface area contributed by atoms with E-state index in [9.17, 15) is 28.0 Å². The summed E-state index contributed by atoms with van der Waals surface area (Å²) in [5.41, 5.74) is 0.423. The van der Waals surface area contributed by atoms with Crippen molar-refractivity contribution in [2.24, 2.45) is 5.41 Å². The van der Waals surface area contributed by atoms with Gasteiger partial charge in [-0.3, -0.25) is 19.7 Å². The van der Waals surface area contributed by atoms with Crippen LogP contribution in [-0.2, 0) is 40.9 Å². The lowest BCUT2D eigenvalue weighted by Gasteiger charge is -2.42. The Morgan fingerprint density at radius 2 is 1.63 bits per heavy atom. The monoisotopic (exact) mass is 768 g/mol. The molecule has 54 heavy (non-hydrogen) atoms. The van der Waals surface area contributed by atoms with Crippen molar-refractivity contribution < 1.29 is 27.5 Å². The van der Waals surface area contributed by atoms with Crippen LogP contribution in [0.15, 0.2) is 36.4 Å². The summed E-state index contributed by atoms with van der Waals surface area (Å²) in [5.74, 6) is -0.909. The van der Waals surface area contributed by atoms with Gasteiger partial charge in [0.2, 0.25) is 5.91 Å². The Labute approximate surface area is 319 Å². The van der Waals surface area contributed by atoms with Gasteiger partial charge < -0.3 is 15.0 Å². The summed E-state index contributed by atoms with van der Waals surface area (Å²) in [4.78, 5) is 36.6. The molecular weight excluding hydrogens is 721 g/mol. The van der Waals surface area contributed by atoms with E-state index in [2.05, 4.69) is 48.5 Å². The first-order chi connectivity index (χ1) is 25.4. The maximum absolute atomic E-state index is 13.4. The highest BCUT2D eigenvalue weighted by atomic mass is 35.5. The number of piperazine rings is 1. The van der Waals surface area contributed by atoms with Crippen LogP contribution in [-0.4, -0.2) is 99.0 Å². The van der Waals surface area contributed by atoms with E-state index in [4.69, 9.17) is 16.3 Å². The Kier molecular flexibility index (Phi) is 11.1. The molecule has 1 aromatic heterocycles. The molecule has 0 saturated carbocycles. The first kappa shape index (κ1) is 39.5. The van der Waals surface area contributed by atoms with Crippen molar-refractivity contribution in [3.63, 3.8) is 0 Å². The maximum Gasteiger partial charge on any atom is 0.410 e. The minimum atomic E-state index is -4.55. The number of carbonyl (C=O) groups excluding carboxylic acids is 2. The fraction of sp³-hybridized carbons (Fsp3) is 0.564. The number of alkyl halides is 3. The number of halogens is 4. The average molecular weight is 769 g/mol. The molecule has 3 aromatic rings. The van der Waals surface area contributed by atoms with E-state index in [1.54, 1.807) is 0 Å². The van der Waals surface area contributed by atoms with Gasteiger partial charge in [-0.15, -0.1) is 0 Å². The van der Waals surface area contributed by atoms with Gasteiger partial charge in [-0.25, -0.2) is 9.78 Å². The quantitative estimate of drug-likeness (QED) is 0.269. The number of amides is 2. The number of aromatic amines is 1. The summed E-state index contributed by atoms with van der Waals surface area (Å²) in [6.07, 6.45) is -2.29. The van der Waals surface area contributed by atoms with Crippen LogP contribution in [0.1, 0.15) is 75.8 Å². The predicted molar refractivity (Wildman–Crippen MR) is 197 cm³/mol. The van der Waals surface area contributed by atoms with E-state index < -0.39 is 34.3 Å². The fourth-order valence-corrected chi connectivity index (χ4v) is 7.71. The molecule has 290 valence electrons. The highest BCUT2D eigenvalue weighted by Crippen LogP contribution is 2.42. The minimum absolute atomic E-state index is 0.0598. The van der Waals surface area contributed by atoms with Crippen LogP contribution < -0.4 is 5.32 Å². The molecule has 1 unspecified atom stereocenters. The normalized spacial score (nSPS) is 20.4. The van der Waals surface area contributed by atoms with Crippen molar-refractivity contribution >= 4 is 23.6 Å². The highest BCUT2D eigenvalue weighted by Gasteiger charge is 2.51. The molecule has 1 atom stereocenters. The molecule has 2 aliphatic heterocycles. The summed E-state index contributed by atoms with van der Waals surface area (Å²) >= 11 is 6.77. The first-order valence-electron chi connectivity index (χ1n) is 18.4. The number of nitrogens with one attached hydrogen (secondary N) is 2. The molecule has 0 radical (unpaired) electrons. The Morgan fingerprint density at radius 3 is 2.22 bits per heavy atom. The second-order valence-corrected chi connectivity index (χ2v) is 16.7. The predicted octanol–water partition coefficient (Wildman–Crippen LogP) is 6.41. The topological polar surface area (TPSA) is 130 Å². The molecule has 2 amide bonds. The molecule has 0 spiro atoms. The number of fused-ring (bicyclic) bond motifs is 1. The van der Waals surface area contributed by atoms with Gasteiger partial charge in [-0.2, -0.15) is 23.5 Å². The van der Waals surface area contributed by atoms with Crippen LogP contribution in [0.2, 0.25) is 5.02 Å². The number of hydrogen-bond donors (Lipinski definition) is 2. The first-order valence-corrected chi connectivity index (χ1v) is 18.8.